The minimum Gasteiger partial charge on any atom is -0.329 e. The van der Waals surface area contributed by atoms with Gasteiger partial charge in [-0.3, -0.25) is 4.90 Å². The first-order valence-corrected chi connectivity index (χ1v) is 8.54. The monoisotopic (exact) mass is 266 g/mol. The summed E-state index contributed by atoms with van der Waals surface area (Å²) in [6, 6.07) is 0.745. The second-order valence-electron chi connectivity index (χ2n) is 7.56. The first-order chi connectivity index (χ1) is 9.07. The Balaban J connectivity index is 2.07. The molecule has 0 radical (unpaired) electrons. The van der Waals surface area contributed by atoms with Crippen molar-refractivity contribution in [3.63, 3.8) is 0 Å². The average Bonchev–Trinajstić information content (AvgIpc) is 2.38. The third kappa shape index (κ3) is 3.52. The van der Waals surface area contributed by atoms with Crippen LogP contribution in [0.3, 0.4) is 0 Å². The molecule has 1 aliphatic carbocycles. The number of hydrogen-bond acceptors (Lipinski definition) is 2. The van der Waals surface area contributed by atoms with Crippen molar-refractivity contribution < 1.29 is 0 Å². The lowest BCUT2D eigenvalue weighted by Crippen LogP contribution is -2.60. The molecular formula is C17H34N2. The predicted molar refractivity (Wildman–Crippen MR) is 83.2 cm³/mol. The summed E-state index contributed by atoms with van der Waals surface area (Å²) < 4.78 is 0. The van der Waals surface area contributed by atoms with Crippen LogP contribution in [-0.4, -0.2) is 29.6 Å². The molecule has 3 atom stereocenters. The van der Waals surface area contributed by atoms with Gasteiger partial charge in [-0.05, 0) is 57.4 Å². The molecule has 2 rings (SSSR count). The van der Waals surface area contributed by atoms with Crippen LogP contribution in [0.5, 0.6) is 0 Å². The molecule has 0 spiro atoms. The molecule has 3 unspecified atom stereocenters. The number of nitrogens with two attached hydrogens (primary N) is 1. The fraction of sp³-hybridized carbons (Fsp3) is 1.00. The molecule has 1 saturated carbocycles. The lowest BCUT2D eigenvalue weighted by Gasteiger charge is -2.52. The van der Waals surface area contributed by atoms with Gasteiger partial charge in [-0.25, -0.2) is 0 Å². The zero-order valence-corrected chi connectivity index (χ0v) is 13.3. The Morgan fingerprint density at radius 2 is 2.00 bits per heavy atom. The fourth-order valence-electron chi connectivity index (χ4n) is 4.70. The summed E-state index contributed by atoms with van der Waals surface area (Å²) in [7, 11) is 0. The summed E-state index contributed by atoms with van der Waals surface area (Å²) >= 11 is 0. The van der Waals surface area contributed by atoms with Crippen molar-refractivity contribution in [2.75, 3.05) is 13.1 Å². The molecule has 1 heterocycles. The minimum atomic E-state index is 0.331. The molecule has 2 N–H and O–H groups in total. The van der Waals surface area contributed by atoms with Crippen LogP contribution in [0.15, 0.2) is 0 Å². The second-order valence-corrected chi connectivity index (χ2v) is 7.56. The van der Waals surface area contributed by atoms with E-state index in [1.54, 1.807) is 0 Å². The number of piperidine rings is 1. The van der Waals surface area contributed by atoms with Crippen LogP contribution < -0.4 is 5.73 Å². The van der Waals surface area contributed by atoms with Gasteiger partial charge in [0.15, 0.2) is 0 Å². The Labute approximate surface area is 120 Å². The molecule has 1 saturated heterocycles. The van der Waals surface area contributed by atoms with E-state index in [1.807, 2.05) is 0 Å². The lowest BCUT2D eigenvalue weighted by atomic mass is 9.71. The van der Waals surface area contributed by atoms with Crippen molar-refractivity contribution in [2.45, 2.75) is 83.7 Å². The Morgan fingerprint density at radius 3 is 2.63 bits per heavy atom. The number of likely N-dealkylation sites (tertiary alicyclic amines) is 1. The Hall–Kier alpha value is -0.0800. The Kier molecular flexibility index (Phi) is 5.30. The van der Waals surface area contributed by atoms with Gasteiger partial charge in [0.25, 0.3) is 0 Å². The maximum atomic E-state index is 6.28. The third-order valence-electron chi connectivity index (χ3n) is 5.52. The van der Waals surface area contributed by atoms with Gasteiger partial charge in [-0.1, -0.05) is 33.1 Å². The number of nitrogens with zero attached hydrogens (tertiary/aromatic N) is 1. The Bertz CT molecular complexity index is 276. The van der Waals surface area contributed by atoms with Crippen LogP contribution in [0.2, 0.25) is 0 Å². The first kappa shape index (κ1) is 15.3. The lowest BCUT2D eigenvalue weighted by molar-refractivity contribution is -0.0135. The van der Waals surface area contributed by atoms with Crippen molar-refractivity contribution in [1.29, 1.82) is 0 Å². The van der Waals surface area contributed by atoms with E-state index in [-0.39, 0.29) is 0 Å². The molecule has 0 aromatic rings. The van der Waals surface area contributed by atoms with Crippen LogP contribution in [0.25, 0.3) is 0 Å². The maximum Gasteiger partial charge on any atom is 0.0337 e. The topological polar surface area (TPSA) is 29.3 Å². The van der Waals surface area contributed by atoms with Gasteiger partial charge >= 0.3 is 0 Å². The molecule has 2 aliphatic rings. The molecule has 1 aliphatic heterocycles. The van der Waals surface area contributed by atoms with E-state index in [4.69, 9.17) is 5.73 Å². The number of rotatable bonds is 4. The summed E-state index contributed by atoms with van der Waals surface area (Å²) in [6.07, 6.45) is 11.1. The summed E-state index contributed by atoms with van der Waals surface area (Å²) in [5.74, 6) is 1.74. The van der Waals surface area contributed by atoms with Crippen molar-refractivity contribution in [1.82, 2.24) is 4.90 Å². The number of hydrogen-bond donors (Lipinski definition) is 1. The van der Waals surface area contributed by atoms with E-state index in [9.17, 15) is 0 Å². The van der Waals surface area contributed by atoms with Gasteiger partial charge in [-0.15, -0.1) is 0 Å². The summed E-state index contributed by atoms with van der Waals surface area (Å²) in [5, 5.41) is 0. The molecule has 2 heteroatoms. The van der Waals surface area contributed by atoms with Gasteiger partial charge in [0, 0.05) is 18.1 Å². The van der Waals surface area contributed by atoms with Gasteiger partial charge in [0.1, 0.15) is 0 Å². The van der Waals surface area contributed by atoms with E-state index in [0.717, 1.165) is 24.4 Å². The first-order valence-electron chi connectivity index (χ1n) is 8.54. The molecule has 0 aromatic heterocycles. The highest BCUT2D eigenvalue weighted by Crippen LogP contribution is 2.41. The Morgan fingerprint density at radius 1 is 1.21 bits per heavy atom. The van der Waals surface area contributed by atoms with Crippen LogP contribution in [0, 0.1) is 11.8 Å². The molecule has 2 nitrogen and oxygen atoms in total. The summed E-state index contributed by atoms with van der Waals surface area (Å²) in [5.41, 5.74) is 6.61. The average molecular weight is 266 g/mol. The van der Waals surface area contributed by atoms with Crippen molar-refractivity contribution in [3.05, 3.63) is 0 Å². The van der Waals surface area contributed by atoms with E-state index in [0.29, 0.717) is 5.54 Å². The maximum absolute atomic E-state index is 6.28. The van der Waals surface area contributed by atoms with Crippen molar-refractivity contribution in [3.8, 4) is 0 Å². The molecule has 112 valence electrons. The normalized spacial score (nSPS) is 37.7. The quantitative estimate of drug-likeness (QED) is 0.838. The smallest absolute Gasteiger partial charge is 0.0337 e. The van der Waals surface area contributed by atoms with Crippen LogP contribution in [0.4, 0.5) is 0 Å². The van der Waals surface area contributed by atoms with Crippen molar-refractivity contribution in [2.24, 2.45) is 17.6 Å². The van der Waals surface area contributed by atoms with Gasteiger partial charge in [0.2, 0.25) is 0 Å². The highest BCUT2D eigenvalue weighted by Gasteiger charge is 2.42. The predicted octanol–water partition coefficient (Wildman–Crippen LogP) is 3.79. The van der Waals surface area contributed by atoms with E-state index in [1.165, 1.54) is 57.9 Å². The second kappa shape index (κ2) is 6.58. The van der Waals surface area contributed by atoms with Gasteiger partial charge in [-0.2, -0.15) is 0 Å². The third-order valence-corrected chi connectivity index (χ3v) is 5.52. The van der Waals surface area contributed by atoms with Crippen LogP contribution in [-0.2, 0) is 0 Å². The van der Waals surface area contributed by atoms with E-state index < -0.39 is 0 Å². The minimum absolute atomic E-state index is 0.331. The molecule has 0 amide bonds. The zero-order chi connectivity index (χ0) is 13.9. The zero-order valence-electron chi connectivity index (χ0n) is 13.3. The van der Waals surface area contributed by atoms with Crippen LogP contribution >= 0.6 is 0 Å². The molecule has 2 fully saturated rings. The molecule has 0 bridgehead atoms. The van der Waals surface area contributed by atoms with E-state index >= 15 is 0 Å². The SMILES string of the molecule is CC(C)CC1CCCC(CN)(N2CCCCC2C)C1. The van der Waals surface area contributed by atoms with E-state index in [2.05, 4.69) is 25.7 Å². The van der Waals surface area contributed by atoms with Crippen LogP contribution in [0.1, 0.15) is 72.1 Å². The summed E-state index contributed by atoms with van der Waals surface area (Å²) in [4.78, 5) is 2.79. The van der Waals surface area contributed by atoms with Crippen molar-refractivity contribution >= 4 is 0 Å². The largest absolute Gasteiger partial charge is 0.329 e. The molecular weight excluding hydrogens is 232 g/mol. The van der Waals surface area contributed by atoms with Gasteiger partial charge < -0.3 is 5.73 Å². The highest BCUT2D eigenvalue weighted by atomic mass is 15.2. The fourth-order valence-corrected chi connectivity index (χ4v) is 4.70. The standard InChI is InChI=1S/C17H34N2/c1-14(2)11-16-8-6-9-17(12-16,13-18)19-10-5-4-7-15(19)3/h14-16H,4-13,18H2,1-3H3. The molecule has 0 aromatic carbocycles. The summed E-state index contributed by atoms with van der Waals surface area (Å²) in [6.45, 7) is 9.30. The molecule has 19 heavy (non-hydrogen) atoms. The highest BCUT2D eigenvalue weighted by molar-refractivity contribution is 4.99. The van der Waals surface area contributed by atoms with Gasteiger partial charge in [0.05, 0.1) is 0 Å².